The van der Waals surface area contributed by atoms with Crippen molar-refractivity contribution in [3.05, 3.63) is 22.5 Å². The van der Waals surface area contributed by atoms with Crippen LogP contribution in [-0.2, 0) is 6.54 Å². The van der Waals surface area contributed by atoms with Crippen molar-refractivity contribution in [3.63, 3.8) is 0 Å². The average molecular weight is 354 g/mol. The second-order valence-electron chi connectivity index (χ2n) is 5.40. The SMILES string of the molecule is CNCCC1CCN(CCn2cc([N+](=O)[O-])cn2)CC1.Cl.Cl. The van der Waals surface area contributed by atoms with E-state index in [4.69, 9.17) is 0 Å². The summed E-state index contributed by atoms with van der Waals surface area (Å²) in [6.07, 6.45) is 6.57. The lowest BCUT2D eigenvalue weighted by Crippen LogP contribution is -2.36. The lowest BCUT2D eigenvalue weighted by molar-refractivity contribution is -0.385. The van der Waals surface area contributed by atoms with Crippen molar-refractivity contribution in [1.29, 1.82) is 0 Å². The summed E-state index contributed by atoms with van der Waals surface area (Å²) >= 11 is 0. The molecule has 1 aromatic rings. The highest BCUT2D eigenvalue weighted by atomic mass is 35.5. The van der Waals surface area contributed by atoms with Gasteiger partial charge in [-0.3, -0.25) is 14.8 Å². The van der Waals surface area contributed by atoms with E-state index in [2.05, 4.69) is 15.3 Å². The number of rotatable bonds is 7. The zero-order valence-electron chi connectivity index (χ0n) is 12.8. The number of nitrogens with one attached hydrogen (secondary N) is 1. The first-order valence-corrected chi connectivity index (χ1v) is 7.23. The van der Waals surface area contributed by atoms with Gasteiger partial charge in [-0.15, -0.1) is 24.8 Å². The highest BCUT2D eigenvalue weighted by Crippen LogP contribution is 2.19. The highest BCUT2D eigenvalue weighted by molar-refractivity contribution is 5.85. The Balaban J connectivity index is 0.00000220. The van der Waals surface area contributed by atoms with Crippen LogP contribution in [0.25, 0.3) is 0 Å². The third kappa shape index (κ3) is 6.48. The van der Waals surface area contributed by atoms with Gasteiger partial charge in [0.1, 0.15) is 12.4 Å². The summed E-state index contributed by atoms with van der Waals surface area (Å²) in [7, 11) is 2.00. The minimum atomic E-state index is -0.406. The molecule has 0 aliphatic carbocycles. The van der Waals surface area contributed by atoms with Crippen molar-refractivity contribution in [2.45, 2.75) is 25.8 Å². The van der Waals surface area contributed by atoms with Crippen LogP contribution in [0, 0.1) is 16.0 Å². The molecule has 1 saturated heterocycles. The summed E-state index contributed by atoms with van der Waals surface area (Å²) in [6, 6.07) is 0. The quantitative estimate of drug-likeness (QED) is 0.598. The van der Waals surface area contributed by atoms with Crippen LogP contribution in [0.15, 0.2) is 12.4 Å². The first-order valence-electron chi connectivity index (χ1n) is 7.23. The van der Waals surface area contributed by atoms with Crippen LogP contribution >= 0.6 is 24.8 Å². The van der Waals surface area contributed by atoms with E-state index in [1.807, 2.05) is 7.05 Å². The van der Waals surface area contributed by atoms with Crippen LogP contribution in [0.3, 0.4) is 0 Å². The molecule has 1 aliphatic heterocycles. The van der Waals surface area contributed by atoms with Crippen LogP contribution in [-0.4, -0.2) is 52.8 Å². The second kappa shape index (κ2) is 10.8. The van der Waals surface area contributed by atoms with Gasteiger partial charge in [0.05, 0.1) is 11.5 Å². The molecule has 9 heteroatoms. The molecular weight excluding hydrogens is 329 g/mol. The molecule has 128 valence electrons. The van der Waals surface area contributed by atoms with Crippen molar-refractivity contribution in [2.24, 2.45) is 5.92 Å². The van der Waals surface area contributed by atoms with Gasteiger partial charge in [-0.1, -0.05) is 0 Å². The molecule has 0 bridgehead atoms. The Bertz CT molecular complexity index is 436. The molecule has 0 amide bonds. The third-order valence-electron chi connectivity index (χ3n) is 3.99. The summed E-state index contributed by atoms with van der Waals surface area (Å²) < 4.78 is 1.66. The molecular formula is C13H25Cl2N5O2. The first-order chi connectivity index (χ1) is 9.69. The maximum Gasteiger partial charge on any atom is 0.306 e. The van der Waals surface area contributed by atoms with Crippen LogP contribution in [0.2, 0.25) is 0 Å². The Morgan fingerprint density at radius 3 is 2.59 bits per heavy atom. The monoisotopic (exact) mass is 353 g/mol. The summed E-state index contributed by atoms with van der Waals surface area (Å²) in [5.41, 5.74) is 0.0655. The second-order valence-corrected chi connectivity index (χ2v) is 5.40. The predicted molar refractivity (Wildman–Crippen MR) is 91.1 cm³/mol. The van der Waals surface area contributed by atoms with Gasteiger partial charge in [-0.25, -0.2) is 0 Å². The van der Waals surface area contributed by atoms with Gasteiger partial charge in [0.2, 0.25) is 0 Å². The van der Waals surface area contributed by atoms with Crippen molar-refractivity contribution in [1.82, 2.24) is 20.0 Å². The molecule has 1 aliphatic rings. The van der Waals surface area contributed by atoms with Gasteiger partial charge in [0, 0.05) is 6.54 Å². The third-order valence-corrected chi connectivity index (χ3v) is 3.99. The maximum atomic E-state index is 10.6. The number of nitro groups is 1. The fraction of sp³-hybridized carbons (Fsp3) is 0.769. The van der Waals surface area contributed by atoms with Gasteiger partial charge < -0.3 is 10.2 Å². The van der Waals surface area contributed by atoms with Gasteiger partial charge in [0.25, 0.3) is 0 Å². The van der Waals surface area contributed by atoms with Gasteiger partial charge >= 0.3 is 5.69 Å². The topological polar surface area (TPSA) is 76.2 Å². The Kier molecular flexibility index (Phi) is 10.3. The molecule has 7 nitrogen and oxygen atoms in total. The van der Waals surface area contributed by atoms with Crippen molar-refractivity contribution < 1.29 is 4.92 Å². The van der Waals surface area contributed by atoms with Crippen LogP contribution in [0.1, 0.15) is 19.3 Å². The van der Waals surface area contributed by atoms with Crippen molar-refractivity contribution in [3.8, 4) is 0 Å². The molecule has 0 unspecified atom stereocenters. The predicted octanol–water partition coefficient (Wildman–Crippen LogP) is 1.96. The molecule has 0 atom stereocenters. The molecule has 22 heavy (non-hydrogen) atoms. The van der Waals surface area contributed by atoms with E-state index in [0.29, 0.717) is 0 Å². The van der Waals surface area contributed by atoms with Crippen LogP contribution in [0.4, 0.5) is 5.69 Å². The normalized spacial score (nSPS) is 15.9. The van der Waals surface area contributed by atoms with E-state index in [1.165, 1.54) is 31.7 Å². The number of aromatic nitrogens is 2. The average Bonchev–Trinajstić information content (AvgIpc) is 2.93. The maximum absolute atomic E-state index is 10.6. The molecule has 1 N–H and O–H groups in total. The number of likely N-dealkylation sites (tertiary alicyclic amines) is 1. The standard InChI is InChI=1S/C13H23N5O2.2ClH/c1-14-5-2-12-3-6-16(7-4-12)8-9-17-11-13(10-15-17)18(19)20;;/h10-12,14H,2-9H2,1H3;2*1H. The molecule has 2 heterocycles. The Morgan fingerprint density at radius 1 is 1.36 bits per heavy atom. The lowest BCUT2D eigenvalue weighted by Gasteiger charge is -2.31. The largest absolute Gasteiger partial charge is 0.320 e. The smallest absolute Gasteiger partial charge is 0.306 e. The minimum Gasteiger partial charge on any atom is -0.320 e. The molecule has 1 aromatic heterocycles. The van der Waals surface area contributed by atoms with Gasteiger partial charge in [-0.05, 0) is 51.9 Å². The van der Waals surface area contributed by atoms with Crippen molar-refractivity contribution in [2.75, 3.05) is 33.2 Å². The molecule has 0 spiro atoms. The number of hydrogen-bond acceptors (Lipinski definition) is 5. The summed E-state index contributed by atoms with van der Waals surface area (Å²) in [5, 5.41) is 17.8. The fourth-order valence-electron chi connectivity index (χ4n) is 2.66. The van der Waals surface area contributed by atoms with Gasteiger partial charge in [-0.2, -0.15) is 5.10 Å². The number of piperidine rings is 1. The molecule has 0 aromatic carbocycles. The summed E-state index contributed by atoms with van der Waals surface area (Å²) in [4.78, 5) is 12.6. The zero-order chi connectivity index (χ0) is 14.4. The molecule has 0 radical (unpaired) electrons. The summed E-state index contributed by atoms with van der Waals surface area (Å²) in [6.45, 7) is 4.98. The minimum absolute atomic E-state index is 0. The van der Waals surface area contributed by atoms with Crippen LogP contribution < -0.4 is 5.32 Å². The Hall–Kier alpha value is -0.890. The first kappa shape index (κ1) is 21.1. The Labute approximate surface area is 143 Å². The van der Waals surface area contributed by atoms with Crippen LogP contribution in [0.5, 0.6) is 0 Å². The van der Waals surface area contributed by atoms with Gasteiger partial charge in [0.15, 0.2) is 0 Å². The van der Waals surface area contributed by atoms with E-state index in [-0.39, 0.29) is 30.5 Å². The zero-order valence-corrected chi connectivity index (χ0v) is 14.4. The number of hydrogen-bond donors (Lipinski definition) is 1. The molecule has 0 saturated carbocycles. The fourth-order valence-corrected chi connectivity index (χ4v) is 2.66. The number of nitrogens with zero attached hydrogens (tertiary/aromatic N) is 4. The molecule has 2 rings (SSSR count). The van der Waals surface area contributed by atoms with Crippen molar-refractivity contribution >= 4 is 30.5 Å². The van der Waals surface area contributed by atoms with E-state index in [1.54, 1.807) is 4.68 Å². The number of halogens is 2. The lowest BCUT2D eigenvalue weighted by atomic mass is 9.93. The Morgan fingerprint density at radius 2 is 2.05 bits per heavy atom. The van der Waals surface area contributed by atoms with E-state index in [0.717, 1.165) is 38.6 Å². The summed E-state index contributed by atoms with van der Waals surface area (Å²) in [5.74, 6) is 0.837. The highest BCUT2D eigenvalue weighted by Gasteiger charge is 2.18. The molecule has 1 fully saturated rings. The van der Waals surface area contributed by atoms with E-state index in [9.17, 15) is 10.1 Å². The van der Waals surface area contributed by atoms with E-state index >= 15 is 0 Å². The van der Waals surface area contributed by atoms with E-state index < -0.39 is 4.92 Å².